The number of esters is 2. The maximum Gasteiger partial charge on any atom is 0.341 e. The van der Waals surface area contributed by atoms with E-state index in [0.717, 1.165) is 58.5 Å². The fraction of sp³-hybridized carbons (Fsp3) is 0.467. The van der Waals surface area contributed by atoms with Gasteiger partial charge in [0.05, 0.1) is 38.3 Å². The zero-order chi connectivity index (χ0) is 31.2. The second-order valence-corrected chi connectivity index (χ2v) is 9.53. The van der Waals surface area contributed by atoms with Crippen LogP contribution in [0.4, 0.5) is 11.4 Å². The molecule has 0 fully saturated rings. The summed E-state index contributed by atoms with van der Waals surface area (Å²) >= 11 is 0. The third-order valence-electron chi connectivity index (χ3n) is 6.77. The van der Waals surface area contributed by atoms with Crippen molar-refractivity contribution >= 4 is 28.9 Å². The lowest BCUT2D eigenvalue weighted by molar-refractivity contribution is -0.385. The van der Waals surface area contributed by atoms with E-state index in [1.165, 1.54) is 45.6 Å². The molecule has 2 rings (SSSR count). The molecule has 0 aliphatic heterocycles. The number of nitro groups is 2. The number of rotatable bonds is 17. The number of methoxy groups -OCH3 is 4. The van der Waals surface area contributed by atoms with Gasteiger partial charge in [0.1, 0.15) is 22.6 Å². The molecule has 0 aliphatic carbocycles. The third-order valence-corrected chi connectivity index (χ3v) is 6.77. The summed E-state index contributed by atoms with van der Waals surface area (Å²) in [5.74, 6) is -1.83. The summed E-state index contributed by atoms with van der Waals surface area (Å²) in [4.78, 5) is 47.7. The van der Waals surface area contributed by atoms with E-state index in [0.29, 0.717) is 6.42 Å². The molecule has 0 aromatic heterocycles. The molecule has 0 amide bonds. The van der Waals surface area contributed by atoms with Crippen LogP contribution in [0.5, 0.6) is 11.5 Å². The van der Waals surface area contributed by atoms with Crippen LogP contribution in [0.25, 0.3) is 5.57 Å². The molecule has 0 unspecified atom stereocenters. The van der Waals surface area contributed by atoms with Gasteiger partial charge in [0.25, 0.3) is 11.4 Å². The Morgan fingerprint density at radius 1 is 0.667 bits per heavy atom. The summed E-state index contributed by atoms with van der Waals surface area (Å²) in [7, 11) is 4.84. The molecule has 0 spiro atoms. The number of benzene rings is 2. The average molecular weight is 587 g/mol. The summed E-state index contributed by atoms with van der Waals surface area (Å²) in [5, 5.41) is 23.7. The van der Waals surface area contributed by atoms with Gasteiger partial charge < -0.3 is 18.9 Å². The first-order chi connectivity index (χ1) is 20.1. The van der Waals surface area contributed by atoms with Crippen molar-refractivity contribution < 1.29 is 38.4 Å². The molecule has 0 radical (unpaired) electrons. The molecule has 0 heterocycles. The van der Waals surface area contributed by atoms with Gasteiger partial charge in [0.2, 0.25) is 0 Å². The normalized spacial score (nSPS) is 10.5. The van der Waals surface area contributed by atoms with Crippen LogP contribution >= 0.6 is 0 Å². The van der Waals surface area contributed by atoms with Gasteiger partial charge in [-0.3, -0.25) is 20.2 Å². The summed E-state index contributed by atoms with van der Waals surface area (Å²) in [6.45, 7) is 2.17. The number of nitrogens with zero attached hydrogens (tertiary/aromatic N) is 2. The van der Waals surface area contributed by atoms with Crippen LogP contribution in [-0.2, 0) is 9.47 Å². The van der Waals surface area contributed by atoms with Crippen LogP contribution in [0, 0.1) is 20.2 Å². The van der Waals surface area contributed by atoms with Crippen molar-refractivity contribution in [2.75, 3.05) is 28.4 Å². The number of hydrogen-bond acceptors (Lipinski definition) is 10. The van der Waals surface area contributed by atoms with Crippen LogP contribution in [0.15, 0.2) is 30.3 Å². The molecule has 0 atom stereocenters. The molecule has 2 aromatic rings. The summed E-state index contributed by atoms with van der Waals surface area (Å²) < 4.78 is 20.8. The Bertz CT molecular complexity index is 1230. The molecule has 0 N–H and O–H groups in total. The van der Waals surface area contributed by atoms with Gasteiger partial charge in [-0.2, -0.15) is 0 Å². The van der Waals surface area contributed by atoms with Gasteiger partial charge in [-0.1, -0.05) is 57.9 Å². The van der Waals surface area contributed by atoms with E-state index in [4.69, 9.17) is 18.9 Å². The second-order valence-electron chi connectivity index (χ2n) is 9.53. The van der Waals surface area contributed by atoms with Crippen molar-refractivity contribution in [2.45, 2.75) is 64.7 Å². The first-order valence-electron chi connectivity index (χ1n) is 13.7. The highest BCUT2D eigenvalue weighted by molar-refractivity contribution is 6.00. The zero-order valence-electron chi connectivity index (χ0n) is 24.7. The van der Waals surface area contributed by atoms with Crippen LogP contribution in [0.3, 0.4) is 0 Å². The number of carbonyl (C=O) groups is 2. The van der Waals surface area contributed by atoms with Crippen molar-refractivity contribution in [3.8, 4) is 11.5 Å². The predicted octanol–water partition coefficient (Wildman–Crippen LogP) is 7.06. The Morgan fingerprint density at radius 2 is 1.05 bits per heavy atom. The zero-order valence-corrected chi connectivity index (χ0v) is 24.7. The Hall–Kier alpha value is -4.48. The molecular formula is C30H38N2O10. The van der Waals surface area contributed by atoms with Crippen LogP contribution in [0.1, 0.15) is 96.6 Å². The van der Waals surface area contributed by atoms with E-state index in [1.54, 1.807) is 6.08 Å². The Kier molecular flexibility index (Phi) is 13.4. The molecule has 228 valence electrons. The molecule has 12 nitrogen and oxygen atoms in total. The minimum absolute atomic E-state index is 0.0391. The molecule has 0 bridgehead atoms. The number of allylic oxidation sites excluding steroid dienone is 1. The first kappa shape index (κ1) is 33.7. The van der Waals surface area contributed by atoms with Gasteiger partial charge in [0, 0.05) is 35.4 Å². The highest BCUT2D eigenvalue weighted by Crippen LogP contribution is 2.43. The third kappa shape index (κ3) is 8.51. The number of unbranched alkanes of at least 4 members (excludes halogenated alkanes) is 8. The minimum atomic E-state index is -0.875. The second kappa shape index (κ2) is 16.7. The monoisotopic (exact) mass is 586 g/mol. The smallest absolute Gasteiger partial charge is 0.341 e. The lowest BCUT2D eigenvalue weighted by Gasteiger charge is -2.19. The van der Waals surface area contributed by atoms with E-state index < -0.39 is 33.2 Å². The Labute approximate surface area is 244 Å². The molecule has 0 saturated carbocycles. The van der Waals surface area contributed by atoms with E-state index in [9.17, 15) is 29.8 Å². The molecule has 42 heavy (non-hydrogen) atoms. The Balaban J connectivity index is 2.79. The summed E-state index contributed by atoms with van der Waals surface area (Å²) in [6, 6.07) is 4.49. The van der Waals surface area contributed by atoms with Crippen molar-refractivity contribution in [3.63, 3.8) is 0 Å². The number of ether oxygens (including phenoxy) is 4. The molecule has 0 aliphatic rings. The van der Waals surface area contributed by atoms with Crippen molar-refractivity contribution in [1.82, 2.24) is 0 Å². The number of non-ortho nitro benzene ring substituents is 2. The van der Waals surface area contributed by atoms with E-state index in [1.807, 2.05) is 0 Å². The van der Waals surface area contributed by atoms with Gasteiger partial charge in [-0.25, -0.2) is 9.59 Å². The van der Waals surface area contributed by atoms with E-state index >= 15 is 0 Å². The van der Waals surface area contributed by atoms with Crippen LogP contribution in [-0.4, -0.2) is 50.2 Å². The minimum Gasteiger partial charge on any atom is -0.495 e. The SMILES string of the molecule is CCCCCCCCCCC=C(c1cc([N+](=O)[O-])cc(C(=O)OC)c1OC)c1cc([N+](=O)[O-])cc(C(=O)OC)c1OC. The number of carbonyl (C=O) groups excluding carboxylic acids is 2. The number of nitro benzene ring substituents is 2. The van der Waals surface area contributed by atoms with E-state index in [-0.39, 0.29) is 39.3 Å². The highest BCUT2D eigenvalue weighted by Gasteiger charge is 2.29. The Morgan fingerprint density at radius 3 is 1.40 bits per heavy atom. The maximum atomic E-state index is 12.6. The van der Waals surface area contributed by atoms with Crippen LogP contribution in [0.2, 0.25) is 0 Å². The summed E-state index contributed by atoms with van der Waals surface area (Å²) in [5.41, 5.74) is -0.833. The van der Waals surface area contributed by atoms with Crippen molar-refractivity contribution in [3.05, 3.63) is 72.8 Å². The van der Waals surface area contributed by atoms with E-state index in [2.05, 4.69) is 6.92 Å². The predicted molar refractivity (Wildman–Crippen MR) is 156 cm³/mol. The molecule has 2 aromatic carbocycles. The fourth-order valence-corrected chi connectivity index (χ4v) is 4.69. The molecule has 12 heteroatoms. The lowest BCUT2D eigenvalue weighted by atomic mass is 9.90. The fourth-order valence-electron chi connectivity index (χ4n) is 4.69. The number of hydrogen-bond donors (Lipinski definition) is 0. The first-order valence-corrected chi connectivity index (χ1v) is 13.7. The van der Waals surface area contributed by atoms with Gasteiger partial charge in [-0.15, -0.1) is 0 Å². The lowest BCUT2D eigenvalue weighted by Crippen LogP contribution is -2.10. The van der Waals surface area contributed by atoms with Gasteiger partial charge in [0.15, 0.2) is 0 Å². The topological polar surface area (TPSA) is 157 Å². The molecular weight excluding hydrogens is 548 g/mol. The van der Waals surface area contributed by atoms with Gasteiger partial charge in [-0.05, 0) is 18.4 Å². The highest BCUT2D eigenvalue weighted by atomic mass is 16.6. The molecule has 0 saturated heterocycles. The quantitative estimate of drug-likeness (QED) is 0.0813. The van der Waals surface area contributed by atoms with Crippen molar-refractivity contribution in [2.24, 2.45) is 0 Å². The van der Waals surface area contributed by atoms with Crippen molar-refractivity contribution in [1.29, 1.82) is 0 Å². The standard InChI is InChI=1S/C30H38N2O10/c1-6-7-8-9-10-11-12-13-14-15-22(23-16-20(31(35)36)18-25(27(23)39-2)29(33)41-4)24-17-21(32(37)38)19-26(28(24)40-3)30(34)42-5/h15-19H,6-14H2,1-5H3. The largest absolute Gasteiger partial charge is 0.495 e. The van der Waals surface area contributed by atoms with Crippen LogP contribution < -0.4 is 9.47 Å². The maximum absolute atomic E-state index is 12.6. The average Bonchev–Trinajstić information content (AvgIpc) is 2.99. The van der Waals surface area contributed by atoms with Gasteiger partial charge >= 0.3 is 11.9 Å². The summed E-state index contributed by atoms with van der Waals surface area (Å²) in [6.07, 6.45) is 10.8.